The number of esters is 1. The van der Waals surface area contributed by atoms with Gasteiger partial charge in [-0.1, -0.05) is 45.4 Å². The van der Waals surface area contributed by atoms with E-state index in [1.807, 2.05) is 0 Å². The molecular weight excluding hydrogens is 416 g/mol. The molecule has 2 aliphatic heterocycles. The highest BCUT2D eigenvalue weighted by Gasteiger charge is 2.58. The fourth-order valence-corrected chi connectivity index (χ4v) is 6.81. The van der Waals surface area contributed by atoms with Gasteiger partial charge in [0.15, 0.2) is 8.32 Å². The van der Waals surface area contributed by atoms with Crippen molar-refractivity contribution in [1.29, 1.82) is 0 Å². The van der Waals surface area contributed by atoms with Crippen molar-refractivity contribution in [2.75, 3.05) is 25.6 Å². The highest BCUT2D eigenvalue weighted by molar-refractivity contribution is 6.74. The van der Waals surface area contributed by atoms with Crippen LogP contribution in [0.3, 0.4) is 0 Å². The van der Waals surface area contributed by atoms with E-state index in [0.29, 0.717) is 12.0 Å². The van der Waals surface area contributed by atoms with E-state index in [0.717, 1.165) is 62.2 Å². The number of para-hydroxylation sites is 1. The maximum absolute atomic E-state index is 12.8. The Morgan fingerprint density at radius 2 is 1.97 bits per heavy atom. The molecule has 1 fully saturated rings. The summed E-state index contributed by atoms with van der Waals surface area (Å²) in [5.74, 6) is 0.229. The number of benzene rings is 1. The van der Waals surface area contributed by atoms with Gasteiger partial charge in [0.25, 0.3) is 0 Å². The normalized spacial score (nSPS) is 26.9. The largest absolute Gasteiger partial charge is 0.466 e. The van der Waals surface area contributed by atoms with Crippen molar-refractivity contribution < 1.29 is 14.0 Å². The van der Waals surface area contributed by atoms with Gasteiger partial charge in [-0.15, -0.1) is 0 Å². The third kappa shape index (κ3) is 3.84. The molecule has 0 bridgehead atoms. The summed E-state index contributed by atoms with van der Waals surface area (Å²) < 4.78 is 11.6. The maximum atomic E-state index is 12.8. The second-order valence-corrected chi connectivity index (χ2v) is 16.0. The Morgan fingerprint density at radius 1 is 1.22 bits per heavy atom. The van der Waals surface area contributed by atoms with Crippen LogP contribution in [0.5, 0.6) is 0 Å². The van der Waals surface area contributed by atoms with Gasteiger partial charge < -0.3 is 19.8 Å². The lowest BCUT2D eigenvalue weighted by atomic mass is 9.62. The van der Waals surface area contributed by atoms with E-state index in [2.05, 4.69) is 68.8 Å². The molecule has 1 aliphatic carbocycles. The first-order valence-electron chi connectivity index (χ1n) is 12.2. The molecule has 2 N–H and O–H groups in total. The lowest BCUT2D eigenvalue weighted by molar-refractivity contribution is -0.136. The number of fused-ring (bicyclic) bond motifs is 1. The highest BCUT2D eigenvalue weighted by Crippen LogP contribution is 2.57. The number of carbonyl (C=O) groups is 1. The molecular formula is C26H40N2O3Si. The summed E-state index contributed by atoms with van der Waals surface area (Å²) in [5, 5.41) is 7.68. The van der Waals surface area contributed by atoms with Gasteiger partial charge in [-0.2, -0.15) is 0 Å². The van der Waals surface area contributed by atoms with Gasteiger partial charge >= 0.3 is 5.97 Å². The number of hydrogen-bond acceptors (Lipinski definition) is 5. The zero-order valence-electron chi connectivity index (χ0n) is 20.6. The Balaban J connectivity index is 1.51. The lowest BCUT2D eigenvalue weighted by Gasteiger charge is -2.43. The molecule has 3 atom stereocenters. The van der Waals surface area contributed by atoms with Crippen molar-refractivity contribution >= 4 is 20.0 Å². The number of ether oxygens (including phenoxy) is 1. The van der Waals surface area contributed by atoms with E-state index >= 15 is 0 Å². The number of anilines is 1. The van der Waals surface area contributed by atoms with Crippen LogP contribution in [0.1, 0.15) is 58.4 Å². The smallest absolute Gasteiger partial charge is 0.335 e. The first-order valence-corrected chi connectivity index (χ1v) is 15.1. The topological polar surface area (TPSA) is 59.6 Å². The van der Waals surface area contributed by atoms with E-state index in [1.165, 1.54) is 12.7 Å². The van der Waals surface area contributed by atoms with Gasteiger partial charge in [-0.25, -0.2) is 4.79 Å². The van der Waals surface area contributed by atoms with Crippen LogP contribution in [0.25, 0.3) is 0 Å². The number of rotatable bonds is 7. The molecule has 5 nitrogen and oxygen atoms in total. The average molecular weight is 457 g/mol. The monoisotopic (exact) mass is 456 g/mol. The number of carbonyl (C=O) groups excluding carboxylic acids is 1. The van der Waals surface area contributed by atoms with Crippen LogP contribution >= 0.6 is 0 Å². The molecule has 4 rings (SSSR count). The Hall–Kier alpha value is -1.63. The van der Waals surface area contributed by atoms with Crippen LogP contribution in [0.4, 0.5) is 5.69 Å². The predicted molar refractivity (Wildman–Crippen MR) is 132 cm³/mol. The summed E-state index contributed by atoms with van der Waals surface area (Å²) in [7, 11) is -0.197. The van der Waals surface area contributed by atoms with Crippen LogP contribution in [0, 0.1) is 5.92 Å². The van der Waals surface area contributed by atoms with Gasteiger partial charge in [-0.3, -0.25) is 0 Å². The average Bonchev–Trinajstić information content (AvgIpc) is 3.33. The molecule has 1 saturated heterocycles. The number of hydrogen-bond donors (Lipinski definition) is 2. The minimum Gasteiger partial charge on any atom is -0.466 e. The Kier molecular flexibility index (Phi) is 6.33. The zero-order valence-corrected chi connectivity index (χ0v) is 21.6. The van der Waals surface area contributed by atoms with Crippen molar-refractivity contribution in [3.8, 4) is 0 Å². The molecule has 1 spiro atoms. The summed E-state index contributed by atoms with van der Waals surface area (Å²) in [6.45, 7) is 13.3. The van der Waals surface area contributed by atoms with E-state index in [-0.39, 0.29) is 16.4 Å². The van der Waals surface area contributed by atoms with E-state index in [9.17, 15) is 4.79 Å². The molecule has 6 heteroatoms. The third-order valence-electron chi connectivity index (χ3n) is 8.44. The van der Waals surface area contributed by atoms with E-state index < -0.39 is 8.32 Å². The fraction of sp³-hybridized carbons (Fsp3) is 0.654. The molecule has 3 aliphatic rings. The number of nitrogens with one attached hydrogen (secondary N) is 2. The minimum absolute atomic E-state index is 0.138. The molecule has 0 amide bonds. The first-order chi connectivity index (χ1) is 15.1. The molecule has 176 valence electrons. The molecule has 1 aromatic carbocycles. The first kappa shape index (κ1) is 23.5. The molecule has 0 radical (unpaired) electrons. The zero-order chi connectivity index (χ0) is 23.1. The van der Waals surface area contributed by atoms with Gasteiger partial charge in [0, 0.05) is 24.0 Å². The summed E-state index contributed by atoms with van der Waals surface area (Å²) in [6.07, 6.45) is 5.07. The summed E-state index contributed by atoms with van der Waals surface area (Å²) >= 11 is 0. The Morgan fingerprint density at radius 3 is 2.69 bits per heavy atom. The van der Waals surface area contributed by atoms with E-state index in [4.69, 9.17) is 9.16 Å². The number of unbranched alkanes of at least 4 members (excludes halogenated alkanes) is 1. The number of methoxy groups -OCH3 is 1. The van der Waals surface area contributed by atoms with Gasteiger partial charge in [0.1, 0.15) is 0 Å². The van der Waals surface area contributed by atoms with Crippen molar-refractivity contribution in [2.45, 2.75) is 82.5 Å². The van der Waals surface area contributed by atoms with Crippen LogP contribution in [-0.2, 0) is 19.4 Å². The van der Waals surface area contributed by atoms with Crippen LogP contribution < -0.4 is 10.6 Å². The second kappa shape index (κ2) is 8.62. The van der Waals surface area contributed by atoms with E-state index in [1.54, 1.807) is 0 Å². The second-order valence-electron chi connectivity index (χ2n) is 11.2. The third-order valence-corrected chi connectivity index (χ3v) is 13.0. The molecule has 0 unspecified atom stereocenters. The predicted octanol–water partition coefficient (Wildman–Crippen LogP) is 5.35. The van der Waals surface area contributed by atoms with Crippen molar-refractivity contribution in [2.24, 2.45) is 5.92 Å². The van der Waals surface area contributed by atoms with Crippen molar-refractivity contribution in [3.05, 3.63) is 41.1 Å². The summed E-state index contributed by atoms with van der Waals surface area (Å²) in [4.78, 5) is 12.8. The molecule has 2 heterocycles. The van der Waals surface area contributed by atoms with Gasteiger partial charge in [-0.05, 0) is 67.9 Å². The lowest BCUT2D eigenvalue weighted by Crippen LogP contribution is -2.50. The quantitative estimate of drug-likeness (QED) is 0.329. The van der Waals surface area contributed by atoms with Crippen LogP contribution in [-0.4, -0.2) is 40.6 Å². The van der Waals surface area contributed by atoms with Crippen molar-refractivity contribution in [1.82, 2.24) is 5.32 Å². The molecule has 32 heavy (non-hydrogen) atoms. The fourth-order valence-electron chi connectivity index (χ4n) is 5.72. The summed E-state index contributed by atoms with van der Waals surface area (Å²) in [5.41, 5.74) is 4.25. The van der Waals surface area contributed by atoms with Crippen LogP contribution in [0.2, 0.25) is 18.1 Å². The van der Waals surface area contributed by atoms with Crippen molar-refractivity contribution in [3.63, 3.8) is 0 Å². The van der Waals surface area contributed by atoms with Crippen LogP contribution in [0.15, 0.2) is 35.5 Å². The Bertz CT molecular complexity index is 905. The summed E-state index contributed by atoms with van der Waals surface area (Å²) in [6, 6.07) is 8.90. The molecule has 0 saturated carbocycles. The minimum atomic E-state index is -1.69. The standard InChI is InChI=1S/C26H40N2O3Si/c1-25(2,3)32(5,6)31-16-10-9-11-18-17-19(24(29)30-4)23-26(14-15-27-22(18)26)20-12-7-8-13-21(20)28-23/h7-8,12-13,18,22,27-28H,9-11,14-17H2,1-6H3/t18-,22+,26-/m0/s1. The molecule has 1 aromatic rings. The SMILES string of the molecule is COC(=O)C1=C2Nc3ccccc3[C@]23CCN[C@@H]3[C@@H](CCCCO[Si](C)(C)C(C)(C)C)C1. The van der Waals surface area contributed by atoms with Gasteiger partial charge in [0.2, 0.25) is 0 Å². The molecule has 0 aromatic heterocycles. The Labute approximate surface area is 194 Å². The highest BCUT2D eigenvalue weighted by atomic mass is 28.4. The van der Waals surface area contributed by atoms with Gasteiger partial charge in [0.05, 0.1) is 18.1 Å². The maximum Gasteiger partial charge on any atom is 0.335 e.